The summed E-state index contributed by atoms with van der Waals surface area (Å²) in [5.74, 6) is 0. The topological polar surface area (TPSA) is 79.0 Å². The minimum atomic E-state index is -0.612. The largest absolute Gasteiger partial charge is 0.355 e. The van der Waals surface area contributed by atoms with Crippen LogP contribution in [0.2, 0.25) is 5.02 Å². The summed E-state index contributed by atoms with van der Waals surface area (Å²) in [6, 6.07) is 30.4. The fourth-order valence-corrected chi connectivity index (χ4v) is 5.80. The van der Waals surface area contributed by atoms with E-state index in [0.717, 1.165) is 33.3 Å². The Balaban J connectivity index is 1.58. The standard InChI is InChI=1S/C29H22BrClN4O3S/c1-29(21-7-3-2-4-8-21)19-33(32-27(29)20-11-15-23(31)16-12-20)28(36)34(24-17-13-22(30)14-18-24)39-26-10-6-5-9-25(26)35(37)38/h2-18H,19H2,1H3. The number of hydrogen-bond donors (Lipinski definition) is 0. The van der Waals surface area contributed by atoms with Crippen LogP contribution in [0.1, 0.15) is 18.1 Å². The van der Waals surface area contributed by atoms with E-state index >= 15 is 0 Å². The summed E-state index contributed by atoms with van der Waals surface area (Å²) in [4.78, 5) is 25.8. The number of benzene rings is 4. The number of halogens is 2. The zero-order valence-corrected chi connectivity index (χ0v) is 23.9. The van der Waals surface area contributed by atoms with Crippen LogP contribution in [0.3, 0.4) is 0 Å². The highest BCUT2D eigenvalue weighted by atomic mass is 79.9. The van der Waals surface area contributed by atoms with E-state index < -0.39 is 16.4 Å². The molecule has 1 aliphatic rings. The number of para-hydroxylation sites is 1. The van der Waals surface area contributed by atoms with E-state index in [0.29, 0.717) is 15.6 Å². The molecule has 196 valence electrons. The molecule has 1 aliphatic heterocycles. The van der Waals surface area contributed by atoms with Crippen molar-refractivity contribution >= 4 is 62.6 Å². The monoisotopic (exact) mass is 620 g/mol. The molecule has 10 heteroatoms. The van der Waals surface area contributed by atoms with Crippen LogP contribution in [-0.4, -0.2) is 28.2 Å². The van der Waals surface area contributed by atoms with E-state index in [1.807, 2.05) is 54.6 Å². The minimum absolute atomic E-state index is 0.0849. The first kappa shape index (κ1) is 26.9. The lowest BCUT2D eigenvalue weighted by Gasteiger charge is -2.29. The molecule has 1 heterocycles. The summed E-state index contributed by atoms with van der Waals surface area (Å²) in [5, 5.41) is 18.6. The number of nitrogens with zero attached hydrogens (tertiary/aromatic N) is 4. The third-order valence-corrected chi connectivity index (χ3v) is 8.32. The second-order valence-electron chi connectivity index (χ2n) is 9.08. The molecule has 0 aliphatic carbocycles. The Morgan fingerprint density at radius 2 is 1.64 bits per heavy atom. The van der Waals surface area contributed by atoms with Crippen molar-refractivity contribution in [2.45, 2.75) is 17.2 Å². The summed E-state index contributed by atoms with van der Waals surface area (Å²) in [5.41, 5.74) is 2.45. The van der Waals surface area contributed by atoms with Crippen LogP contribution in [-0.2, 0) is 5.41 Å². The Hall–Kier alpha value is -3.66. The Morgan fingerprint density at radius 1 is 1.00 bits per heavy atom. The van der Waals surface area contributed by atoms with Crippen LogP contribution >= 0.6 is 39.5 Å². The van der Waals surface area contributed by atoms with Crippen molar-refractivity contribution in [3.05, 3.63) is 134 Å². The van der Waals surface area contributed by atoms with Crippen molar-refractivity contribution in [1.29, 1.82) is 0 Å². The third kappa shape index (κ3) is 5.56. The molecule has 0 radical (unpaired) electrons. The van der Waals surface area contributed by atoms with Crippen molar-refractivity contribution in [2.24, 2.45) is 5.10 Å². The average Bonchev–Trinajstić information content (AvgIpc) is 3.31. The maximum Gasteiger partial charge on any atom is 0.355 e. The van der Waals surface area contributed by atoms with Gasteiger partial charge in [0.25, 0.3) is 5.69 Å². The van der Waals surface area contributed by atoms with Gasteiger partial charge >= 0.3 is 6.03 Å². The van der Waals surface area contributed by atoms with Gasteiger partial charge in [-0.05, 0) is 60.5 Å². The molecule has 1 unspecified atom stereocenters. The summed E-state index contributed by atoms with van der Waals surface area (Å²) < 4.78 is 2.28. The number of nitro benzene ring substituents is 1. The SMILES string of the molecule is CC1(c2ccccc2)CN(C(=O)N(Sc2ccccc2[N+](=O)[O-])c2ccc(Br)cc2)N=C1c1ccc(Cl)cc1. The quantitative estimate of drug-likeness (QED) is 0.123. The lowest BCUT2D eigenvalue weighted by molar-refractivity contribution is -0.387. The van der Waals surface area contributed by atoms with Gasteiger partial charge in [0.15, 0.2) is 0 Å². The van der Waals surface area contributed by atoms with Crippen molar-refractivity contribution in [3.8, 4) is 0 Å². The second-order valence-corrected chi connectivity index (χ2v) is 11.4. The predicted octanol–water partition coefficient (Wildman–Crippen LogP) is 8.32. The van der Waals surface area contributed by atoms with Gasteiger partial charge in [-0.15, -0.1) is 0 Å². The van der Waals surface area contributed by atoms with Crippen LogP contribution in [0, 0.1) is 10.1 Å². The molecular weight excluding hydrogens is 600 g/mol. The molecule has 4 aromatic carbocycles. The van der Waals surface area contributed by atoms with Crippen LogP contribution in [0.25, 0.3) is 0 Å². The van der Waals surface area contributed by atoms with Gasteiger partial charge in [0.2, 0.25) is 0 Å². The first-order valence-corrected chi connectivity index (χ1v) is 13.9. The Morgan fingerprint density at radius 3 is 2.31 bits per heavy atom. The van der Waals surface area contributed by atoms with E-state index in [-0.39, 0.29) is 12.2 Å². The molecule has 4 aromatic rings. The normalized spacial score (nSPS) is 16.6. The van der Waals surface area contributed by atoms with Gasteiger partial charge in [0.05, 0.1) is 28.3 Å². The van der Waals surface area contributed by atoms with Gasteiger partial charge in [-0.1, -0.05) is 82.1 Å². The van der Waals surface area contributed by atoms with Crippen LogP contribution in [0.4, 0.5) is 16.2 Å². The van der Waals surface area contributed by atoms with E-state index in [1.165, 1.54) is 15.4 Å². The van der Waals surface area contributed by atoms with Gasteiger partial charge in [0.1, 0.15) is 4.90 Å². The Bertz CT molecular complexity index is 1550. The maximum atomic E-state index is 14.2. The molecule has 0 bridgehead atoms. The number of carbonyl (C=O) groups is 1. The van der Waals surface area contributed by atoms with Gasteiger partial charge in [-0.2, -0.15) is 5.10 Å². The van der Waals surface area contributed by atoms with E-state index in [1.54, 1.807) is 42.5 Å². The van der Waals surface area contributed by atoms with Crippen molar-refractivity contribution in [1.82, 2.24) is 5.01 Å². The molecule has 0 spiro atoms. The van der Waals surface area contributed by atoms with Gasteiger partial charge in [-0.25, -0.2) is 14.1 Å². The highest BCUT2D eigenvalue weighted by molar-refractivity contribution is 9.10. The third-order valence-electron chi connectivity index (χ3n) is 6.45. The number of amides is 2. The number of carbonyl (C=O) groups excluding carboxylic acids is 1. The van der Waals surface area contributed by atoms with Crippen LogP contribution in [0.5, 0.6) is 0 Å². The highest BCUT2D eigenvalue weighted by Gasteiger charge is 2.44. The van der Waals surface area contributed by atoms with Crippen LogP contribution in [0.15, 0.2) is 118 Å². The van der Waals surface area contributed by atoms with Gasteiger partial charge in [0, 0.05) is 27.5 Å². The number of anilines is 1. The second kappa shape index (κ2) is 11.2. The zero-order chi connectivity index (χ0) is 27.6. The molecule has 1 atom stereocenters. The zero-order valence-electron chi connectivity index (χ0n) is 20.7. The first-order valence-electron chi connectivity index (χ1n) is 12.0. The van der Waals surface area contributed by atoms with Crippen molar-refractivity contribution < 1.29 is 9.72 Å². The lowest BCUT2D eigenvalue weighted by atomic mass is 9.76. The molecule has 0 fully saturated rings. The average molecular weight is 622 g/mol. The molecule has 5 rings (SSSR count). The number of hydrogen-bond acceptors (Lipinski definition) is 5. The Labute approximate surface area is 243 Å². The van der Waals surface area contributed by atoms with Crippen LogP contribution < -0.4 is 4.31 Å². The summed E-state index contributed by atoms with van der Waals surface area (Å²) >= 11 is 10.6. The molecule has 0 saturated heterocycles. The Kier molecular flexibility index (Phi) is 7.74. The molecule has 0 saturated carbocycles. The smallest absolute Gasteiger partial charge is 0.258 e. The summed E-state index contributed by atoms with van der Waals surface area (Å²) in [7, 11) is 0. The summed E-state index contributed by atoms with van der Waals surface area (Å²) in [6.07, 6.45) is 0. The molecular formula is C29H22BrClN4O3S. The molecule has 0 N–H and O–H groups in total. The minimum Gasteiger partial charge on any atom is -0.258 e. The first-order chi connectivity index (χ1) is 18.8. The van der Waals surface area contributed by atoms with Crippen molar-refractivity contribution in [3.63, 3.8) is 0 Å². The highest BCUT2D eigenvalue weighted by Crippen LogP contribution is 2.39. The lowest BCUT2D eigenvalue weighted by Crippen LogP contribution is -2.41. The van der Waals surface area contributed by atoms with E-state index in [4.69, 9.17) is 16.7 Å². The molecule has 39 heavy (non-hydrogen) atoms. The van der Waals surface area contributed by atoms with Gasteiger partial charge in [-0.3, -0.25) is 10.1 Å². The molecule has 0 aromatic heterocycles. The number of urea groups is 1. The fraction of sp³-hybridized carbons (Fsp3) is 0.103. The number of nitro groups is 1. The van der Waals surface area contributed by atoms with E-state index in [2.05, 4.69) is 22.9 Å². The van der Waals surface area contributed by atoms with Crippen molar-refractivity contribution in [2.75, 3.05) is 10.8 Å². The van der Waals surface area contributed by atoms with E-state index in [9.17, 15) is 14.9 Å². The molecule has 2 amide bonds. The van der Waals surface area contributed by atoms with Gasteiger partial charge < -0.3 is 0 Å². The predicted molar refractivity (Wildman–Crippen MR) is 159 cm³/mol. The summed E-state index contributed by atoms with van der Waals surface area (Å²) in [6.45, 7) is 2.33. The number of rotatable bonds is 6. The maximum absolute atomic E-state index is 14.2. The fourth-order valence-electron chi connectivity index (χ4n) is 4.44. The number of hydrazone groups is 1. The molecule has 7 nitrogen and oxygen atoms in total.